The van der Waals surface area contributed by atoms with Gasteiger partial charge in [-0.05, 0) is 18.8 Å². The van der Waals surface area contributed by atoms with Crippen molar-refractivity contribution < 1.29 is 18.3 Å². The van der Waals surface area contributed by atoms with Crippen molar-refractivity contribution in [3.05, 3.63) is 59.1 Å². The van der Waals surface area contributed by atoms with E-state index < -0.39 is 29.1 Å². The number of halogens is 3. The minimum atomic E-state index is -1.16. The van der Waals surface area contributed by atoms with Crippen molar-refractivity contribution in [1.29, 1.82) is 0 Å². The Bertz CT molecular complexity index is 873. The van der Waals surface area contributed by atoms with E-state index in [1.54, 1.807) is 11.2 Å². The van der Waals surface area contributed by atoms with Crippen molar-refractivity contribution in [2.24, 2.45) is 5.92 Å². The average Bonchev–Trinajstić information content (AvgIpc) is 2.62. The summed E-state index contributed by atoms with van der Waals surface area (Å²) < 4.78 is 42.5. The van der Waals surface area contributed by atoms with E-state index >= 15 is 0 Å². The molecule has 1 aromatic carbocycles. The number of piperidine rings is 1. The number of aliphatic hydroxyl groups is 1. The van der Waals surface area contributed by atoms with E-state index in [0.29, 0.717) is 42.5 Å². The molecule has 2 aromatic rings. The lowest BCUT2D eigenvalue weighted by Crippen LogP contribution is -2.51. The number of hydrogen-bond acceptors (Lipinski definition) is 5. The Morgan fingerprint density at radius 3 is 2.44 bits per heavy atom. The van der Waals surface area contributed by atoms with Gasteiger partial charge in [0.1, 0.15) is 35.6 Å². The molecule has 0 radical (unpaired) electrons. The summed E-state index contributed by atoms with van der Waals surface area (Å²) in [6.07, 6.45) is 6.08. The second-order valence-electron chi connectivity index (χ2n) is 7.03. The highest BCUT2D eigenvalue weighted by atomic mass is 19.1. The summed E-state index contributed by atoms with van der Waals surface area (Å²) in [5.41, 5.74) is 0.594. The predicted octanol–water partition coefficient (Wildman–Crippen LogP) is 4.00. The lowest BCUT2D eigenvalue weighted by atomic mass is 9.96. The van der Waals surface area contributed by atoms with Crippen LogP contribution < -0.4 is 5.01 Å². The molecule has 1 unspecified atom stereocenters. The van der Waals surface area contributed by atoms with Crippen molar-refractivity contribution in [3.8, 4) is 0 Å². The highest BCUT2D eigenvalue weighted by molar-refractivity contribution is 5.70. The third kappa shape index (κ3) is 3.14. The molecule has 0 amide bonds. The minimum Gasteiger partial charge on any atom is -0.510 e. The topological polar surface area (TPSA) is 52.5 Å². The summed E-state index contributed by atoms with van der Waals surface area (Å²) >= 11 is 0. The fraction of sp³-hybridized carbons (Fsp3) is 0.368. The maximum absolute atomic E-state index is 14.6. The Morgan fingerprint density at radius 2 is 1.78 bits per heavy atom. The van der Waals surface area contributed by atoms with Crippen molar-refractivity contribution in [2.45, 2.75) is 25.8 Å². The number of hydrogen-bond donors (Lipinski definition) is 1. The smallest absolute Gasteiger partial charge is 0.134 e. The summed E-state index contributed by atoms with van der Waals surface area (Å²) in [4.78, 5) is 8.19. The molecule has 8 heteroatoms. The van der Waals surface area contributed by atoms with Gasteiger partial charge in [-0.15, -0.1) is 0 Å². The number of fused-ring (bicyclic) bond motifs is 1. The summed E-state index contributed by atoms with van der Waals surface area (Å²) in [6, 6.07) is 0.0932. The quantitative estimate of drug-likeness (QED) is 0.859. The van der Waals surface area contributed by atoms with Gasteiger partial charge in [-0.1, -0.05) is 6.92 Å². The molecule has 2 aliphatic rings. The van der Waals surface area contributed by atoms with Crippen LogP contribution in [0.5, 0.6) is 0 Å². The van der Waals surface area contributed by atoms with Crippen LogP contribution in [0.4, 0.5) is 18.9 Å². The maximum atomic E-state index is 14.6. The number of benzene rings is 1. The molecule has 0 aliphatic carbocycles. The number of aliphatic hydroxyl groups excluding tert-OH is 1. The van der Waals surface area contributed by atoms with Crippen molar-refractivity contribution in [2.75, 3.05) is 18.1 Å². The monoisotopic (exact) mass is 376 g/mol. The number of aromatic nitrogens is 2. The first-order chi connectivity index (χ1) is 13.0. The van der Waals surface area contributed by atoms with E-state index in [0.717, 1.165) is 12.8 Å². The molecule has 1 aromatic heterocycles. The average molecular weight is 376 g/mol. The van der Waals surface area contributed by atoms with E-state index in [2.05, 4.69) is 16.9 Å². The normalized spacial score (nSPS) is 21.1. The second kappa shape index (κ2) is 6.84. The predicted molar refractivity (Wildman–Crippen MR) is 94.1 cm³/mol. The highest BCUT2D eigenvalue weighted by Crippen LogP contribution is 2.42. The van der Waals surface area contributed by atoms with Crippen LogP contribution in [0.1, 0.15) is 37.1 Å². The van der Waals surface area contributed by atoms with Crippen LogP contribution in [0.25, 0.3) is 6.08 Å². The van der Waals surface area contributed by atoms with Gasteiger partial charge in [0.05, 0.1) is 23.1 Å². The van der Waals surface area contributed by atoms with Gasteiger partial charge in [-0.25, -0.2) is 28.1 Å². The molecule has 3 heterocycles. The third-order valence-corrected chi connectivity index (χ3v) is 5.16. The van der Waals surface area contributed by atoms with E-state index in [-0.39, 0.29) is 5.76 Å². The molecule has 1 saturated heterocycles. The summed E-state index contributed by atoms with van der Waals surface area (Å²) in [5.74, 6) is -2.82. The number of hydrazine groups is 1. The molecule has 1 fully saturated rings. The van der Waals surface area contributed by atoms with E-state index in [1.165, 1.54) is 12.4 Å². The van der Waals surface area contributed by atoms with Gasteiger partial charge in [-0.3, -0.25) is 5.01 Å². The zero-order valence-corrected chi connectivity index (χ0v) is 14.7. The lowest BCUT2D eigenvalue weighted by Gasteiger charge is -2.46. The van der Waals surface area contributed by atoms with Gasteiger partial charge in [0.25, 0.3) is 0 Å². The van der Waals surface area contributed by atoms with Gasteiger partial charge in [0, 0.05) is 31.3 Å². The third-order valence-electron chi connectivity index (χ3n) is 5.16. The van der Waals surface area contributed by atoms with Crippen molar-refractivity contribution >= 4 is 11.8 Å². The standard InChI is InChI=1S/C19H19F3N4O/c1-11-2-4-25(5-3-11)26-16-9-23-10-24-15(16)8-17(27)19(26)18-13(21)6-12(20)7-14(18)22/h6-11,19,27H,2-5H2,1H3. The van der Waals surface area contributed by atoms with Gasteiger partial charge < -0.3 is 5.11 Å². The largest absolute Gasteiger partial charge is 0.510 e. The molecular formula is C19H19F3N4O. The molecule has 4 rings (SSSR count). The highest BCUT2D eigenvalue weighted by Gasteiger charge is 2.39. The number of anilines is 1. The number of rotatable bonds is 2. The van der Waals surface area contributed by atoms with Gasteiger partial charge in [0.15, 0.2) is 0 Å². The summed E-state index contributed by atoms with van der Waals surface area (Å²) in [5, 5.41) is 14.2. The fourth-order valence-corrected chi connectivity index (χ4v) is 3.71. The fourth-order valence-electron chi connectivity index (χ4n) is 3.71. The first-order valence-electron chi connectivity index (χ1n) is 8.84. The SMILES string of the molecule is CC1CCN(N2c3cncnc3C=C(O)C2c2c(F)cc(F)cc2F)CC1. The van der Waals surface area contributed by atoms with Gasteiger partial charge in [0.2, 0.25) is 0 Å². The van der Waals surface area contributed by atoms with Crippen LogP contribution in [0, 0.1) is 23.4 Å². The Labute approximate surface area is 154 Å². The molecule has 2 aliphatic heterocycles. The number of nitrogens with zero attached hydrogens (tertiary/aromatic N) is 4. The molecule has 5 nitrogen and oxygen atoms in total. The second-order valence-corrected chi connectivity index (χ2v) is 7.03. The van der Waals surface area contributed by atoms with Crippen LogP contribution >= 0.6 is 0 Å². The zero-order chi connectivity index (χ0) is 19.1. The molecule has 0 bridgehead atoms. The zero-order valence-electron chi connectivity index (χ0n) is 14.7. The van der Waals surface area contributed by atoms with Crippen LogP contribution in [0.2, 0.25) is 0 Å². The van der Waals surface area contributed by atoms with Crippen molar-refractivity contribution in [3.63, 3.8) is 0 Å². The molecule has 1 atom stereocenters. The molecule has 0 saturated carbocycles. The van der Waals surface area contributed by atoms with Crippen molar-refractivity contribution in [1.82, 2.24) is 15.0 Å². The first-order valence-corrected chi connectivity index (χ1v) is 8.84. The maximum Gasteiger partial charge on any atom is 0.134 e. The summed E-state index contributed by atoms with van der Waals surface area (Å²) in [6.45, 7) is 3.46. The molecule has 27 heavy (non-hydrogen) atoms. The Morgan fingerprint density at radius 1 is 1.11 bits per heavy atom. The van der Waals surface area contributed by atoms with Crippen LogP contribution in [0.15, 0.2) is 30.4 Å². The van der Waals surface area contributed by atoms with Gasteiger partial charge >= 0.3 is 0 Å². The molecular weight excluding hydrogens is 357 g/mol. The van der Waals surface area contributed by atoms with Crippen LogP contribution in [-0.4, -0.2) is 33.2 Å². The van der Waals surface area contributed by atoms with E-state index in [4.69, 9.17) is 0 Å². The Hall–Kier alpha value is -2.61. The molecule has 142 valence electrons. The van der Waals surface area contributed by atoms with Gasteiger partial charge in [-0.2, -0.15) is 0 Å². The van der Waals surface area contributed by atoms with Crippen LogP contribution in [0.3, 0.4) is 0 Å². The van der Waals surface area contributed by atoms with E-state index in [1.807, 2.05) is 5.01 Å². The lowest BCUT2D eigenvalue weighted by molar-refractivity contribution is 0.151. The minimum absolute atomic E-state index is 0.260. The first kappa shape index (κ1) is 17.8. The Kier molecular flexibility index (Phi) is 4.51. The van der Waals surface area contributed by atoms with Crippen LogP contribution in [-0.2, 0) is 0 Å². The molecule has 1 N–H and O–H groups in total. The van der Waals surface area contributed by atoms with E-state index in [9.17, 15) is 18.3 Å². The molecule has 0 spiro atoms. The summed E-state index contributed by atoms with van der Waals surface area (Å²) in [7, 11) is 0. The Balaban J connectivity index is 1.86.